The first-order valence-corrected chi connectivity index (χ1v) is 4.22. The molecular formula is C9H18AlO5. The Labute approximate surface area is 102 Å². The summed E-state index contributed by atoms with van der Waals surface area (Å²) in [5.74, 6) is -0.644. The third-order valence-corrected chi connectivity index (χ3v) is 0.621. The van der Waals surface area contributed by atoms with Crippen LogP contribution in [0, 0.1) is 0 Å². The minimum Gasteiger partial charge on any atom is -0.855 e. The van der Waals surface area contributed by atoms with Crippen molar-refractivity contribution in [3.63, 3.8) is 0 Å². The third-order valence-electron chi connectivity index (χ3n) is 0.621. The zero-order valence-electron chi connectivity index (χ0n) is 9.74. The van der Waals surface area contributed by atoms with Crippen LogP contribution in [0.15, 0.2) is 0 Å². The minimum absolute atomic E-state index is 0. The quantitative estimate of drug-likeness (QED) is 0.328. The molecule has 0 aliphatic carbocycles. The van der Waals surface area contributed by atoms with Gasteiger partial charge in [-0.3, -0.25) is 9.59 Å². The molecule has 0 amide bonds. The molecule has 1 radical (unpaired) electrons. The number of carbonyl (C=O) groups excluding carboxylic acids is 2. The Morgan fingerprint density at radius 3 is 1.47 bits per heavy atom. The molecule has 0 aromatic carbocycles. The number of Topliss-reactive ketones (excluding diaryl/α,β-unsaturated/α-hetero) is 1. The predicted octanol–water partition coefficient (Wildman–Crippen LogP) is -1.51. The molecule has 0 fully saturated rings. The van der Waals surface area contributed by atoms with Crippen LogP contribution in [0.5, 0.6) is 0 Å². The van der Waals surface area contributed by atoms with E-state index in [0.29, 0.717) is 0 Å². The number of hydrogen-bond acceptors (Lipinski definition) is 5. The molecule has 15 heavy (non-hydrogen) atoms. The van der Waals surface area contributed by atoms with Gasteiger partial charge in [0.15, 0.2) is 0 Å². The van der Waals surface area contributed by atoms with E-state index < -0.39 is 5.97 Å². The smallest absolute Gasteiger partial charge is 0.855 e. The molecule has 0 heterocycles. The predicted molar refractivity (Wildman–Crippen MR) is 54.2 cm³/mol. The normalized spacial score (nSPS) is 6.80. The molecule has 0 aromatic heterocycles. The van der Waals surface area contributed by atoms with E-state index in [9.17, 15) is 9.59 Å². The van der Waals surface area contributed by atoms with Gasteiger partial charge in [0.05, 0.1) is 7.11 Å². The second kappa shape index (κ2) is 23.4. The maximum absolute atomic E-state index is 10.2. The molecule has 0 N–H and O–H groups in total. The topological polar surface area (TPSA) is 89.5 Å². The molecule has 0 saturated carbocycles. The molecule has 0 atom stereocenters. The van der Waals surface area contributed by atoms with Crippen molar-refractivity contribution in [3.8, 4) is 0 Å². The van der Waals surface area contributed by atoms with E-state index in [0.717, 1.165) is 0 Å². The van der Waals surface area contributed by atoms with E-state index >= 15 is 0 Å². The van der Waals surface area contributed by atoms with Gasteiger partial charge in [-0.05, 0) is 6.92 Å². The first-order valence-electron chi connectivity index (χ1n) is 4.22. The Hall–Kier alpha value is -0.408. The molecular weight excluding hydrogens is 215 g/mol. The number of carbonyl (C=O) groups is 2. The van der Waals surface area contributed by atoms with Gasteiger partial charge in [0, 0.05) is 0 Å². The Bertz CT molecular complexity index is 136. The average Bonchev–Trinajstić information content (AvgIpc) is 2.06. The van der Waals surface area contributed by atoms with Gasteiger partial charge in [-0.15, -0.1) is 13.2 Å². The van der Waals surface area contributed by atoms with E-state index in [1.807, 2.05) is 0 Å². The Kier molecular flexibility index (Phi) is 37.5. The van der Waals surface area contributed by atoms with Gasteiger partial charge >= 0.3 is 23.3 Å². The molecule has 5 nitrogen and oxygen atoms in total. The van der Waals surface area contributed by atoms with Crippen LogP contribution in [-0.4, -0.2) is 49.4 Å². The second-order valence-corrected chi connectivity index (χ2v) is 2.03. The standard InChI is InChI=1S/C5H8O3.2C2H5O.Al/c1-4(6)3-5(7)8-2;2*1-2-3;/h3H2,1-2H3;2*2H2,1H3;/q;2*-1;+2. The van der Waals surface area contributed by atoms with Gasteiger partial charge in [0.25, 0.3) is 0 Å². The maximum Gasteiger partial charge on any atom is 2.00 e. The van der Waals surface area contributed by atoms with Gasteiger partial charge in [0.2, 0.25) is 0 Å². The first kappa shape index (κ1) is 24.0. The molecule has 0 rings (SSSR count). The first-order chi connectivity index (χ1) is 6.49. The van der Waals surface area contributed by atoms with Crippen LogP contribution in [-0.2, 0) is 14.3 Å². The number of hydrogen-bond donors (Lipinski definition) is 0. The van der Waals surface area contributed by atoms with E-state index in [1.54, 1.807) is 13.8 Å². The van der Waals surface area contributed by atoms with Crippen LogP contribution >= 0.6 is 0 Å². The van der Waals surface area contributed by atoms with E-state index in [-0.39, 0.29) is 42.8 Å². The van der Waals surface area contributed by atoms with Crippen molar-refractivity contribution in [2.75, 3.05) is 20.3 Å². The number of methoxy groups -OCH3 is 1. The monoisotopic (exact) mass is 233 g/mol. The Balaban J connectivity index is -0.0000000733. The number of ketones is 1. The van der Waals surface area contributed by atoms with Crippen LogP contribution in [0.3, 0.4) is 0 Å². The fourth-order valence-corrected chi connectivity index (χ4v) is 0.275. The second-order valence-electron chi connectivity index (χ2n) is 2.03. The summed E-state index contributed by atoms with van der Waals surface area (Å²) >= 11 is 0. The number of rotatable bonds is 2. The SMILES string of the molecule is CC[O-].CC[O-].COC(=O)CC(C)=O.[Al+2]. The van der Waals surface area contributed by atoms with Crippen LogP contribution in [0.4, 0.5) is 0 Å². The number of ether oxygens (including phenoxy) is 1. The van der Waals surface area contributed by atoms with E-state index in [1.165, 1.54) is 14.0 Å². The van der Waals surface area contributed by atoms with Crippen LogP contribution in [0.25, 0.3) is 0 Å². The summed E-state index contributed by atoms with van der Waals surface area (Å²) in [5, 5.41) is 17.9. The summed E-state index contributed by atoms with van der Waals surface area (Å²) in [7, 11) is 1.26. The summed E-state index contributed by atoms with van der Waals surface area (Å²) in [6, 6.07) is 0. The summed E-state index contributed by atoms with van der Waals surface area (Å²) < 4.78 is 4.20. The van der Waals surface area contributed by atoms with Crippen molar-refractivity contribution in [2.24, 2.45) is 0 Å². The maximum atomic E-state index is 10.2. The zero-order chi connectivity index (χ0) is 12.0. The van der Waals surface area contributed by atoms with Gasteiger partial charge in [-0.2, -0.15) is 0 Å². The van der Waals surface area contributed by atoms with Crippen molar-refractivity contribution in [1.29, 1.82) is 0 Å². The molecule has 0 spiro atoms. The summed E-state index contributed by atoms with van der Waals surface area (Å²) in [4.78, 5) is 20.3. The van der Waals surface area contributed by atoms with Crippen molar-refractivity contribution < 1.29 is 24.5 Å². The Morgan fingerprint density at radius 1 is 1.13 bits per heavy atom. The molecule has 87 valence electrons. The van der Waals surface area contributed by atoms with Crippen molar-refractivity contribution in [3.05, 3.63) is 0 Å². The molecule has 0 bridgehead atoms. The van der Waals surface area contributed by atoms with Crippen LogP contribution in [0.2, 0.25) is 0 Å². The molecule has 0 aliphatic heterocycles. The summed E-state index contributed by atoms with van der Waals surface area (Å²) in [6.07, 6.45) is -0.115. The zero-order valence-corrected chi connectivity index (χ0v) is 10.9. The summed E-state index contributed by atoms with van der Waals surface area (Å²) in [5.41, 5.74) is 0. The van der Waals surface area contributed by atoms with Gasteiger partial charge in [-0.25, -0.2) is 0 Å². The fraction of sp³-hybridized carbons (Fsp3) is 0.778. The molecule has 0 aromatic rings. The van der Waals surface area contributed by atoms with E-state index in [2.05, 4.69) is 4.74 Å². The Morgan fingerprint density at radius 2 is 1.40 bits per heavy atom. The van der Waals surface area contributed by atoms with E-state index in [4.69, 9.17) is 10.2 Å². The average molecular weight is 233 g/mol. The van der Waals surface area contributed by atoms with Gasteiger partial charge in [0.1, 0.15) is 12.2 Å². The van der Waals surface area contributed by atoms with Crippen LogP contribution < -0.4 is 10.2 Å². The largest absolute Gasteiger partial charge is 2.00 e. The van der Waals surface area contributed by atoms with Gasteiger partial charge < -0.3 is 14.9 Å². The van der Waals surface area contributed by atoms with Gasteiger partial charge in [-0.1, -0.05) is 13.8 Å². The van der Waals surface area contributed by atoms with Crippen molar-refractivity contribution >= 4 is 29.1 Å². The molecule has 0 saturated heterocycles. The summed E-state index contributed by atoms with van der Waals surface area (Å²) in [6.45, 7) is 4.48. The minimum atomic E-state index is -0.475. The molecule has 6 heteroatoms. The number of esters is 1. The van der Waals surface area contributed by atoms with Crippen molar-refractivity contribution in [2.45, 2.75) is 27.2 Å². The van der Waals surface area contributed by atoms with Crippen molar-refractivity contribution in [1.82, 2.24) is 0 Å². The molecule has 0 unspecified atom stereocenters. The third kappa shape index (κ3) is 58.4. The van der Waals surface area contributed by atoms with Crippen LogP contribution in [0.1, 0.15) is 27.2 Å². The fourth-order valence-electron chi connectivity index (χ4n) is 0.275. The molecule has 0 aliphatic rings.